The molecule has 0 radical (unpaired) electrons. The van der Waals surface area contributed by atoms with Gasteiger partial charge < -0.3 is 14.6 Å². The number of carbonyl (C=O) groups excluding carboxylic acids is 1. The van der Waals surface area contributed by atoms with Crippen LogP contribution in [0.5, 0.6) is 11.5 Å². The second kappa shape index (κ2) is 5.42. The summed E-state index contributed by atoms with van der Waals surface area (Å²) in [5.41, 5.74) is 1.92. The number of phenolic OH excluding ortho intramolecular Hbond substituents is 1. The fraction of sp³-hybridized carbons (Fsp3) is 0.720. The molecule has 4 bridgehead atoms. The highest BCUT2D eigenvalue weighted by molar-refractivity contribution is 5.81. The number of aromatic hydroxyl groups is 1. The van der Waals surface area contributed by atoms with E-state index in [1.807, 2.05) is 6.07 Å². The Morgan fingerprint density at radius 1 is 1.30 bits per heavy atom. The van der Waals surface area contributed by atoms with Crippen molar-refractivity contribution in [2.75, 3.05) is 20.2 Å². The fourth-order valence-corrected chi connectivity index (χ4v) is 8.87. The summed E-state index contributed by atoms with van der Waals surface area (Å²) in [7, 11) is 1.76. The average Bonchev–Trinajstić information content (AvgIpc) is 3.48. The van der Waals surface area contributed by atoms with E-state index < -0.39 is 5.60 Å². The normalized spacial score (nSPS) is 45.2. The van der Waals surface area contributed by atoms with Crippen LogP contribution in [0.3, 0.4) is 0 Å². The number of likely N-dealkylation sites (tertiary alicyclic amines) is 1. The van der Waals surface area contributed by atoms with Crippen molar-refractivity contribution in [1.82, 2.24) is 4.90 Å². The third-order valence-corrected chi connectivity index (χ3v) is 10.2. The smallest absolute Gasteiger partial charge is 0.165 e. The number of methoxy groups -OCH3 is 1. The third kappa shape index (κ3) is 1.76. The molecule has 0 amide bonds. The number of Topliss-reactive ketones (excluding diaryl/α,β-unsaturated/α-hetero) is 1. The van der Waals surface area contributed by atoms with E-state index >= 15 is 0 Å². The Morgan fingerprint density at radius 3 is 2.87 bits per heavy atom. The summed E-state index contributed by atoms with van der Waals surface area (Å²) in [6.07, 6.45) is 7.46. The number of phenols is 1. The van der Waals surface area contributed by atoms with Crippen LogP contribution < -0.4 is 4.74 Å². The summed E-state index contributed by atoms with van der Waals surface area (Å²) < 4.78 is 13.0. The van der Waals surface area contributed by atoms with Gasteiger partial charge in [0.25, 0.3) is 0 Å². The van der Waals surface area contributed by atoms with Crippen LogP contribution in [0.2, 0.25) is 0 Å². The predicted molar refractivity (Wildman–Crippen MR) is 111 cm³/mol. The van der Waals surface area contributed by atoms with Gasteiger partial charge in [0.05, 0.1) is 5.92 Å². The largest absolute Gasteiger partial charge is 0.504 e. The van der Waals surface area contributed by atoms with Crippen LogP contribution in [0.4, 0.5) is 0 Å². The molecule has 1 N–H and O–H groups in total. The Kier molecular flexibility index (Phi) is 3.25. The standard InChI is InChI=1S/C25H31NO4/c1-14(27)17-12-23-7-8-25(17,29-2)22-24(23)9-10-26(13-15-3-4-15)19(23)11-16-5-6-18(28)21(30-22)20(16)24/h5-6,15,17,19,22,28H,3-4,7-13H2,1-2H3/t17-,19-,22-,23+,24+,25?/m1/s1. The zero-order chi connectivity index (χ0) is 20.5. The van der Waals surface area contributed by atoms with Crippen molar-refractivity contribution in [2.45, 2.75) is 75.0 Å². The van der Waals surface area contributed by atoms with E-state index in [1.165, 1.54) is 30.5 Å². The summed E-state index contributed by atoms with van der Waals surface area (Å²) >= 11 is 0. The zero-order valence-corrected chi connectivity index (χ0v) is 17.9. The highest BCUT2D eigenvalue weighted by atomic mass is 16.6. The van der Waals surface area contributed by atoms with Gasteiger partial charge in [-0.25, -0.2) is 0 Å². The third-order valence-electron chi connectivity index (χ3n) is 10.2. The van der Waals surface area contributed by atoms with Crippen LogP contribution in [-0.4, -0.2) is 53.7 Å². The van der Waals surface area contributed by atoms with E-state index in [-0.39, 0.29) is 34.4 Å². The highest BCUT2D eigenvalue weighted by Gasteiger charge is 2.81. The van der Waals surface area contributed by atoms with Crippen LogP contribution in [0, 0.1) is 17.3 Å². The number of benzene rings is 1. The number of piperidine rings is 1. The number of hydrogen-bond acceptors (Lipinski definition) is 5. The SMILES string of the molecule is COC12CC[C@]3(C[C@@H]1C(C)=O)[C@H]1Cc4ccc(O)c5c4[C@@]3(CCN1CC1CC1)[C@H]2O5. The number of carbonyl (C=O) groups is 1. The van der Waals surface area contributed by atoms with Gasteiger partial charge in [0.1, 0.15) is 17.5 Å². The second-order valence-electron chi connectivity index (χ2n) is 11.0. The Labute approximate surface area is 177 Å². The molecule has 7 aliphatic rings. The maximum absolute atomic E-state index is 12.9. The molecule has 4 saturated carbocycles. The first-order valence-corrected chi connectivity index (χ1v) is 11.8. The monoisotopic (exact) mass is 409 g/mol. The molecule has 1 saturated heterocycles. The molecule has 1 aromatic rings. The average molecular weight is 410 g/mol. The Hall–Kier alpha value is -1.59. The molecule has 8 rings (SSSR count). The first-order chi connectivity index (χ1) is 14.5. The van der Waals surface area contributed by atoms with Gasteiger partial charge in [0.15, 0.2) is 11.5 Å². The van der Waals surface area contributed by atoms with Gasteiger partial charge in [-0.05, 0) is 76.0 Å². The molecule has 5 heteroatoms. The molecular weight excluding hydrogens is 378 g/mol. The molecular formula is C25H31NO4. The van der Waals surface area contributed by atoms with E-state index in [0.29, 0.717) is 11.8 Å². The zero-order valence-electron chi connectivity index (χ0n) is 17.9. The van der Waals surface area contributed by atoms with Gasteiger partial charge in [0.2, 0.25) is 0 Å². The molecule has 30 heavy (non-hydrogen) atoms. The van der Waals surface area contributed by atoms with Crippen molar-refractivity contribution >= 4 is 5.78 Å². The predicted octanol–water partition coefficient (Wildman–Crippen LogP) is 3.21. The molecule has 5 fully saturated rings. The van der Waals surface area contributed by atoms with E-state index in [1.54, 1.807) is 14.0 Å². The first kappa shape index (κ1) is 18.0. The van der Waals surface area contributed by atoms with Crippen molar-refractivity contribution in [3.05, 3.63) is 23.3 Å². The number of ketones is 1. The summed E-state index contributed by atoms with van der Waals surface area (Å²) in [5, 5.41) is 10.8. The highest BCUT2D eigenvalue weighted by Crippen LogP contribution is 2.76. The molecule has 2 aliphatic heterocycles. The van der Waals surface area contributed by atoms with E-state index in [0.717, 1.165) is 44.6 Å². The molecule has 160 valence electrons. The van der Waals surface area contributed by atoms with E-state index in [9.17, 15) is 9.90 Å². The minimum Gasteiger partial charge on any atom is -0.504 e. The maximum atomic E-state index is 12.9. The molecule has 2 heterocycles. The molecule has 6 atom stereocenters. The number of hydrogen-bond donors (Lipinski definition) is 1. The summed E-state index contributed by atoms with van der Waals surface area (Å²) in [6.45, 7) is 4.03. The minimum absolute atomic E-state index is 0.0352. The first-order valence-electron chi connectivity index (χ1n) is 11.8. The van der Waals surface area contributed by atoms with Gasteiger partial charge in [0, 0.05) is 36.1 Å². The molecule has 2 spiro atoms. The van der Waals surface area contributed by atoms with Gasteiger partial charge >= 0.3 is 0 Å². The molecule has 5 nitrogen and oxygen atoms in total. The van der Waals surface area contributed by atoms with Crippen molar-refractivity contribution in [1.29, 1.82) is 0 Å². The summed E-state index contributed by atoms with van der Waals surface area (Å²) in [6, 6.07) is 4.40. The van der Waals surface area contributed by atoms with Crippen molar-refractivity contribution in [3.8, 4) is 11.5 Å². The summed E-state index contributed by atoms with van der Waals surface area (Å²) in [4.78, 5) is 15.7. The summed E-state index contributed by atoms with van der Waals surface area (Å²) in [5.74, 6) is 1.89. The number of rotatable bonds is 4. The number of nitrogens with zero attached hydrogens (tertiary/aromatic N) is 1. The van der Waals surface area contributed by atoms with Gasteiger partial charge in [-0.15, -0.1) is 0 Å². The lowest BCUT2D eigenvalue weighted by molar-refractivity contribution is -0.271. The Morgan fingerprint density at radius 2 is 2.13 bits per heavy atom. The Bertz CT molecular complexity index is 972. The lowest BCUT2D eigenvalue weighted by atomic mass is 9.34. The van der Waals surface area contributed by atoms with E-state index in [4.69, 9.17) is 9.47 Å². The van der Waals surface area contributed by atoms with Crippen LogP contribution in [-0.2, 0) is 21.4 Å². The van der Waals surface area contributed by atoms with Gasteiger partial charge in [-0.2, -0.15) is 0 Å². The molecule has 1 aromatic carbocycles. The van der Waals surface area contributed by atoms with Crippen LogP contribution in [0.15, 0.2) is 12.1 Å². The van der Waals surface area contributed by atoms with Crippen molar-refractivity contribution in [3.63, 3.8) is 0 Å². The fourth-order valence-electron chi connectivity index (χ4n) is 8.87. The lowest BCUT2D eigenvalue weighted by Crippen LogP contribution is -2.81. The van der Waals surface area contributed by atoms with Crippen LogP contribution in [0.1, 0.15) is 56.6 Å². The number of ether oxygens (including phenoxy) is 2. The molecule has 0 aromatic heterocycles. The lowest BCUT2D eigenvalue weighted by Gasteiger charge is -2.73. The van der Waals surface area contributed by atoms with Gasteiger partial charge in [-0.1, -0.05) is 6.07 Å². The minimum atomic E-state index is -0.586. The maximum Gasteiger partial charge on any atom is 0.165 e. The second-order valence-corrected chi connectivity index (χ2v) is 11.0. The Balaban J connectivity index is 1.49. The quantitative estimate of drug-likeness (QED) is 0.828. The molecule has 1 unspecified atom stereocenters. The van der Waals surface area contributed by atoms with Crippen LogP contribution >= 0.6 is 0 Å². The van der Waals surface area contributed by atoms with Crippen molar-refractivity contribution in [2.24, 2.45) is 17.3 Å². The van der Waals surface area contributed by atoms with Crippen LogP contribution in [0.25, 0.3) is 0 Å². The van der Waals surface area contributed by atoms with E-state index in [2.05, 4.69) is 11.0 Å². The molecule has 5 aliphatic carbocycles. The number of fused-ring (bicyclic) bond motifs is 2. The van der Waals surface area contributed by atoms with Crippen molar-refractivity contribution < 1.29 is 19.4 Å². The van der Waals surface area contributed by atoms with Gasteiger partial charge in [-0.3, -0.25) is 9.69 Å². The topological polar surface area (TPSA) is 59.0 Å².